The highest BCUT2D eigenvalue weighted by Gasteiger charge is 2.39. The molecule has 0 spiro atoms. The van der Waals surface area contributed by atoms with Crippen LogP contribution in [0.2, 0.25) is 0 Å². The summed E-state index contributed by atoms with van der Waals surface area (Å²) in [6, 6.07) is 0. The molecule has 3 atom stereocenters. The molecule has 70 valence electrons. The van der Waals surface area contributed by atoms with E-state index in [0.717, 1.165) is 19.3 Å². The van der Waals surface area contributed by atoms with E-state index in [2.05, 4.69) is 16.6 Å². The minimum absolute atomic E-state index is 0.248. The van der Waals surface area contributed by atoms with Crippen molar-refractivity contribution in [1.29, 1.82) is 0 Å². The predicted octanol–water partition coefficient (Wildman–Crippen LogP) is 0.730. The smallest absolute Gasteiger partial charge is 0.384 e. The Morgan fingerprint density at radius 3 is 2.92 bits per heavy atom. The van der Waals surface area contributed by atoms with Crippen molar-refractivity contribution < 1.29 is 14.3 Å². The zero-order valence-corrected chi connectivity index (χ0v) is 7.58. The standard InChI is InChI=1S/C10H12O3/c1-12-10(11)5-2-7-6-8-3-4-9(7)13-8/h7-9H,3-4,6H2,1H3. The highest BCUT2D eigenvalue weighted by molar-refractivity contribution is 5.88. The van der Waals surface area contributed by atoms with Crippen LogP contribution in [-0.2, 0) is 14.3 Å². The van der Waals surface area contributed by atoms with Gasteiger partial charge in [-0.25, -0.2) is 4.79 Å². The van der Waals surface area contributed by atoms with Crippen molar-refractivity contribution in [3.05, 3.63) is 0 Å². The maximum absolute atomic E-state index is 10.7. The number of rotatable bonds is 0. The van der Waals surface area contributed by atoms with Crippen LogP contribution in [-0.4, -0.2) is 25.3 Å². The van der Waals surface area contributed by atoms with Crippen molar-refractivity contribution >= 4 is 5.97 Å². The van der Waals surface area contributed by atoms with E-state index in [9.17, 15) is 4.79 Å². The first-order valence-corrected chi connectivity index (χ1v) is 4.54. The summed E-state index contributed by atoms with van der Waals surface area (Å²) >= 11 is 0. The lowest BCUT2D eigenvalue weighted by atomic mass is 9.90. The van der Waals surface area contributed by atoms with Crippen molar-refractivity contribution in [3.8, 4) is 11.8 Å². The minimum Gasteiger partial charge on any atom is -0.459 e. The Hall–Kier alpha value is -1.01. The number of carbonyl (C=O) groups excluding carboxylic acids is 1. The van der Waals surface area contributed by atoms with Gasteiger partial charge in [-0.2, -0.15) is 0 Å². The number of hydrogen-bond donors (Lipinski definition) is 0. The van der Waals surface area contributed by atoms with Crippen molar-refractivity contribution in [3.63, 3.8) is 0 Å². The first kappa shape index (κ1) is 8.58. The summed E-state index contributed by atoms with van der Waals surface area (Å²) in [7, 11) is 1.34. The maximum Gasteiger partial charge on any atom is 0.384 e. The Morgan fingerprint density at radius 1 is 1.54 bits per heavy atom. The van der Waals surface area contributed by atoms with Gasteiger partial charge in [0.15, 0.2) is 0 Å². The number of methoxy groups -OCH3 is 1. The van der Waals surface area contributed by atoms with Crippen LogP contribution in [0.1, 0.15) is 19.3 Å². The molecular weight excluding hydrogens is 168 g/mol. The Bertz CT molecular complexity index is 274. The Balaban J connectivity index is 1.95. The molecule has 3 heteroatoms. The average molecular weight is 180 g/mol. The van der Waals surface area contributed by atoms with Crippen LogP contribution in [0.3, 0.4) is 0 Å². The molecule has 0 aromatic rings. The van der Waals surface area contributed by atoms with Crippen molar-refractivity contribution in [2.24, 2.45) is 5.92 Å². The van der Waals surface area contributed by atoms with Gasteiger partial charge < -0.3 is 9.47 Å². The number of ether oxygens (including phenoxy) is 2. The molecule has 13 heavy (non-hydrogen) atoms. The Labute approximate surface area is 77.4 Å². The maximum atomic E-state index is 10.7. The van der Waals surface area contributed by atoms with Gasteiger partial charge in [-0.15, -0.1) is 0 Å². The lowest BCUT2D eigenvalue weighted by Crippen LogP contribution is -2.14. The zero-order chi connectivity index (χ0) is 9.26. The third-order valence-electron chi connectivity index (χ3n) is 2.65. The van der Waals surface area contributed by atoms with Gasteiger partial charge in [0.25, 0.3) is 0 Å². The second-order valence-corrected chi connectivity index (χ2v) is 3.48. The van der Waals surface area contributed by atoms with E-state index in [4.69, 9.17) is 4.74 Å². The molecule has 3 unspecified atom stereocenters. The summed E-state index contributed by atoms with van der Waals surface area (Å²) < 4.78 is 10.0. The van der Waals surface area contributed by atoms with Crippen LogP contribution >= 0.6 is 0 Å². The molecule has 3 nitrogen and oxygen atoms in total. The molecule has 2 aliphatic heterocycles. The fraction of sp³-hybridized carbons (Fsp3) is 0.700. The van der Waals surface area contributed by atoms with Crippen LogP contribution < -0.4 is 0 Å². The van der Waals surface area contributed by atoms with E-state index < -0.39 is 5.97 Å². The Morgan fingerprint density at radius 2 is 2.38 bits per heavy atom. The van der Waals surface area contributed by atoms with Crippen LogP contribution in [0.15, 0.2) is 0 Å². The van der Waals surface area contributed by atoms with E-state index in [0.29, 0.717) is 6.10 Å². The largest absolute Gasteiger partial charge is 0.459 e. The third kappa shape index (κ3) is 1.68. The lowest BCUT2D eigenvalue weighted by Gasteiger charge is -2.10. The van der Waals surface area contributed by atoms with Crippen molar-refractivity contribution in [1.82, 2.24) is 0 Å². The molecule has 2 saturated heterocycles. The topological polar surface area (TPSA) is 35.5 Å². The molecule has 0 aliphatic carbocycles. The molecule has 0 aromatic heterocycles. The van der Waals surface area contributed by atoms with E-state index in [1.54, 1.807) is 0 Å². The van der Waals surface area contributed by atoms with Crippen molar-refractivity contribution in [2.45, 2.75) is 31.5 Å². The molecule has 0 aromatic carbocycles. The summed E-state index contributed by atoms with van der Waals surface area (Å²) in [6.07, 6.45) is 3.88. The van der Waals surface area contributed by atoms with E-state index in [-0.39, 0.29) is 12.0 Å². The summed E-state index contributed by atoms with van der Waals surface area (Å²) in [5.74, 6) is 5.17. The number of fused-ring (bicyclic) bond motifs is 2. The van der Waals surface area contributed by atoms with Gasteiger partial charge in [0.2, 0.25) is 0 Å². The number of esters is 1. The van der Waals surface area contributed by atoms with E-state index in [1.165, 1.54) is 7.11 Å². The molecule has 2 rings (SSSR count). The van der Waals surface area contributed by atoms with Crippen LogP contribution in [0.4, 0.5) is 0 Å². The summed E-state index contributed by atoms with van der Waals surface area (Å²) in [5, 5.41) is 0. The fourth-order valence-electron chi connectivity index (χ4n) is 1.99. The molecule has 0 N–H and O–H groups in total. The highest BCUT2D eigenvalue weighted by Crippen LogP contribution is 2.38. The quantitative estimate of drug-likeness (QED) is 0.313. The molecule has 2 aliphatic rings. The molecule has 2 heterocycles. The number of hydrogen-bond acceptors (Lipinski definition) is 3. The van der Waals surface area contributed by atoms with Gasteiger partial charge in [-0.05, 0) is 19.3 Å². The normalized spacial score (nSPS) is 35.3. The van der Waals surface area contributed by atoms with Crippen LogP contribution in [0, 0.1) is 17.8 Å². The summed E-state index contributed by atoms with van der Waals surface area (Å²) in [4.78, 5) is 10.7. The van der Waals surface area contributed by atoms with E-state index in [1.807, 2.05) is 0 Å². The summed E-state index contributed by atoms with van der Waals surface area (Å²) in [6.45, 7) is 0. The SMILES string of the molecule is COC(=O)C#CC1CC2CCC1O2. The third-order valence-corrected chi connectivity index (χ3v) is 2.65. The summed E-state index contributed by atoms with van der Waals surface area (Å²) in [5.41, 5.74) is 0. The first-order chi connectivity index (χ1) is 6.29. The van der Waals surface area contributed by atoms with Gasteiger partial charge in [-0.3, -0.25) is 0 Å². The minimum atomic E-state index is -0.456. The monoisotopic (exact) mass is 180 g/mol. The van der Waals surface area contributed by atoms with Gasteiger partial charge in [0.1, 0.15) is 0 Å². The average Bonchev–Trinajstić information content (AvgIpc) is 2.74. The molecule has 0 radical (unpaired) electrons. The van der Waals surface area contributed by atoms with Crippen LogP contribution in [0.25, 0.3) is 0 Å². The number of carbonyl (C=O) groups is 1. The van der Waals surface area contributed by atoms with Gasteiger partial charge in [0, 0.05) is 11.8 Å². The van der Waals surface area contributed by atoms with Gasteiger partial charge in [-0.1, -0.05) is 5.92 Å². The van der Waals surface area contributed by atoms with Crippen molar-refractivity contribution in [2.75, 3.05) is 7.11 Å². The van der Waals surface area contributed by atoms with E-state index >= 15 is 0 Å². The first-order valence-electron chi connectivity index (χ1n) is 4.54. The molecule has 0 saturated carbocycles. The lowest BCUT2D eigenvalue weighted by molar-refractivity contribution is -0.133. The second-order valence-electron chi connectivity index (χ2n) is 3.48. The Kier molecular flexibility index (Phi) is 2.24. The molecule has 0 amide bonds. The highest BCUT2D eigenvalue weighted by atomic mass is 16.5. The molecule has 2 fully saturated rings. The van der Waals surface area contributed by atoms with Gasteiger partial charge >= 0.3 is 5.97 Å². The van der Waals surface area contributed by atoms with Crippen LogP contribution in [0.5, 0.6) is 0 Å². The zero-order valence-electron chi connectivity index (χ0n) is 7.58. The molecule has 2 bridgehead atoms. The fourth-order valence-corrected chi connectivity index (χ4v) is 1.99. The molecular formula is C10H12O3. The van der Waals surface area contributed by atoms with Gasteiger partial charge in [0.05, 0.1) is 19.3 Å². The predicted molar refractivity (Wildman–Crippen MR) is 45.8 cm³/mol. The second kappa shape index (κ2) is 3.39.